The fourth-order valence-electron chi connectivity index (χ4n) is 2.29. The van der Waals surface area contributed by atoms with E-state index >= 15 is 0 Å². The van der Waals surface area contributed by atoms with Crippen molar-refractivity contribution in [1.82, 2.24) is 5.32 Å². The highest BCUT2D eigenvalue weighted by Gasteiger charge is 2.12. The normalized spacial score (nSPS) is 12.4. The summed E-state index contributed by atoms with van der Waals surface area (Å²) in [6, 6.07) is 7.30. The van der Waals surface area contributed by atoms with Crippen molar-refractivity contribution in [2.45, 2.75) is 46.1 Å². The van der Waals surface area contributed by atoms with Crippen molar-refractivity contribution in [1.29, 1.82) is 0 Å². The second-order valence-corrected chi connectivity index (χ2v) is 4.95. The molecule has 0 aliphatic heterocycles. The van der Waals surface area contributed by atoms with E-state index in [1.807, 2.05) is 12.1 Å². The first-order valence-electron chi connectivity index (χ1n) is 7.45. The molecule has 0 saturated heterocycles. The molecule has 1 unspecified atom stereocenters. The predicted octanol–water partition coefficient (Wildman–Crippen LogP) is 3.82. The lowest BCUT2D eigenvalue weighted by Crippen LogP contribution is -2.41. The van der Waals surface area contributed by atoms with Gasteiger partial charge in [-0.15, -0.1) is 0 Å². The largest absolute Gasteiger partial charge is 0.370 e. The second-order valence-electron chi connectivity index (χ2n) is 4.95. The van der Waals surface area contributed by atoms with E-state index in [1.54, 1.807) is 0 Å². The van der Waals surface area contributed by atoms with Crippen molar-refractivity contribution in [3.8, 4) is 0 Å². The average molecular weight is 266 g/mol. The minimum absolute atomic E-state index is 0.172. The van der Waals surface area contributed by atoms with Gasteiger partial charge < -0.3 is 10.2 Å². The Morgan fingerprint density at radius 2 is 1.79 bits per heavy atom. The SMILES string of the molecule is CCCNC(CCC)CN(CC)c1ccc(F)cc1. The van der Waals surface area contributed by atoms with Gasteiger partial charge in [0.15, 0.2) is 0 Å². The van der Waals surface area contributed by atoms with E-state index in [9.17, 15) is 4.39 Å². The Morgan fingerprint density at radius 1 is 1.11 bits per heavy atom. The quantitative estimate of drug-likeness (QED) is 0.731. The summed E-state index contributed by atoms with van der Waals surface area (Å²) >= 11 is 0. The van der Waals surface area contributed by atoms with Crippen LogP contribution in [0, 0.1) is 5.82 Å². The highest BCUT2D eigenvalue weighted by atomic mass is 19.1. The van der Waals surface area contributed by atoms with Crippen LogP contribution in [0.15, 0.2) is 24.3 Å². The number of anilines is 1. The van der Waals surface area contributed by atoms with Crippen molar-refractivity contribution >= 4 is 5.69 Å². The zero-order valence-electron chi connectivity index (χ0n) is 12.5. The monoisotopic (exact) mass is 266 g/mol. The van der Waals surface area contributed by atoms with Gasteiger partial charge in [0.25, 0.3) is 0 Å². The van der Waals surface area contributed by atoms with Crippen LogP contribution in [-0.2, 0) is 0 Å². The molecule has 108 valence electrons. The molecule has 0 aliphatic rings. The maximum atomic E-state index is 13.0. The fourth-order valence-corrected chi connectivity index (χ4v) is 2.29. The van der Waals surface area contributed by atoms with E-state index in [-0.39, 0.29) is 5.82 Å². The maximum Gasteiger partial charge on any atom is 0.123 e. The van der Waals surface area contributed by atoms with Crippen LogP contribution in [0.25, 0.3) is 0 Å². The number of likely N-dealkylation sites (N-methyl/N-ethyl adjacent to an activating group) is 1. The van der Waals surface area contributed by atoms with Crippen LogP contribution >= 0.6 is 0 Å². The molecule has 0 aromatic heterocycles. The molecule has 19 heavy (non-hydrogen) atoms. The lowest BCUT2D eigenvalue weighted by Gasteiger charge is -2.29. The standard InChI is InChI=1S/C16H27FN2/c1-4-7-15(18-12-5-2)13-19(6-3)16-10-8-14(17)9-11-16/h8-11,15,18H,4-7,12-13H2,1-3H3. The lowest BCUT2D eigenvalue weighted by molar-refractivity contribution is 0.470. The fraction of sp³-hybridized carbons (Fsp3) is 0.625. The zero-order valence-corrected chi connectivity index (χ0v) is 12.5. The number of hydrogen-bond donors (Lipinski definition) is 1. The van der Waals surface area contributed by atoms with E-state index in [4.69, 9.17) is 0 Å². The smallest absolute Gasteiger partial charge is 0.123 e. The van der Waals surface area contributed by atoms with Crippen LogP contribution in [0.5, 0.6) is 0 Å². The molecular weight excluding hydrogens is 239 g/mol. The van der Waals surface area contributed by atoms with Gasteiger partial charge in [0.05, 0.1) is 0 Å². The molecule has 2 nitrogen and oxygen atoms in total. The summed E-state index contributed by atoms with van der Waals surface area (Å²) < 4.78 is 13.0. The van der Waals surface area contributed by atoms with Crippen LogP contribution in [0.4, 0.5) is 10.1 Å². The molecule has 0 aliphatic carbocycles. The number of halogens is 1. The summed E-state index contributed by atoms with van der Waals surface area (Å²) in [5.41, 5.74) is 1.10. The Morgan fingerprint density at radius 3 is 2.32 bits per heavy atom. The number of rotatable bonds is 9. The highest BCUT2D eigenvalue weighted by Crippen LogP contribution is 2.15. The Balaban J connectivity index is 2.64. The first kappa shape index (κ1) is 16.0. The van der Waals surface area contributed by atoms with Gasteiger partial charge in [0.2, 0.25) is 0 Å². The summed E-state index contributed by atoms with van der Waals surface area (Å²) in [6.07, 6.45) is 3.52. The van der Waals surface area contributed by atoms with Gasteiger partial charge in [-0.25, -0.2) is 4.39 Å². The molecule has 0 amide bonds. The Labute approximate surface area is 117 Å². The van der Waals surface area contributed by atoms with Gasteiger partial charge in [0, 0.05) is 24.8 Å². The van der Waals surface area contributed by atoms with Gasteiger partial charge in [-0.1, -0.05) is 20.3 Å². The zero-order chi connectivity index (χ0) is 14.1. The summed E-state index contributed by atoms with van der Waals surface area (Å²) in [5, 5.41) is 3.60. The van der Waals surface area contributed by atoms with Crippen LogP contribution in [0.1, 0.15) is 40.0 Å². The summed E-state index contributed by atoms with van der Waals surface area (Å²) in [5.74, 6) is -0.172. The van der Waals surface area contributed by atoms with Gasteiger partial charge in [-0.2, -0.15) is 0 Å². The van der Waals surface area contributed by atoms with Gasteiger partial charge in [-0.05, 0) is 50.6 Å². The second kappa shape index (κ2) is 8.92. The van der Waals surface area contributed by atoms with Crippen molar-refractivity contribution in [3.63, 3.8) is 0 Å². The summed E-state index contributed by atoms with van der Waals surface area (Å²) in [4.78, 5) is 2.31. The maximum absolute atomic E-state index is 13.0. The van der Waals surface area contributed by atoms with Gasteiger partial charge in [0.1, 0.15) is 5.82 Å². The number of nitrogens with one attached hydrogen (secondary N) is 1. The molecule has 0 heterocycles. The van der Waals surface area contributed by atoms with E-state index in [0.29, 0.717) is 6.04 Å². The molecule has 0 saturated carbocycles. The molecule has 0 fully saturated rings. The molecule has 0 bridgehead atoms. The first-order valence-corrected chi connectivity index (χ1v) is 7.45. The van der Waals surface area contributed by atoms with E-state index < -0.39 is 0 Å². The van der Waals surface area contributed by atoms with E-state index in [1.165, 1.54) is 25.0 Å². The Hall–Kier alpha value is -1.09. The molecular formula is C16H27FN2. The predicted molar refractivity (Wildman–Crippen MR) is 81.3 cm³/mol. The third-order valence-electron chi connectivity index (χ3n) is 3.33. The third-order valence-corrected chi connectivity index (χ3v) is 3.33. The molecule has 1 atom stereocenters. The van der Waals surface area contributed by atoms with Crippen molar-refractivity contribution in [2.24, 2.45) is 0 Å². The number of hydrogen-bond acceptors (Lipinski definition) is 2. The molecule has 1 aromatic rings. The van der Waals surface area contributed by atoms with Crippen molar-refractivity contribution < 1.29 is 4.39 Å². The van der Waals surface area contributed by atoms with Crippen LogP contribution in [-0.4, -0.2) is 25.7 Å². The highest BCUT2D eigenvalue weighted by molar-refractivity contribution is 5.46. The topological polar surface area (TPSA) is 15.3 Å². The molecule has 1 N–H and O–H groups in total. The molecule has 1 rings (SSSR count). The van der Waals surface area contributed by atoms with Gasteiger partial charge in [-0.3, -0.25) is 0 Å². The minimum atomic E-state index is -0.172. The molecule has 3 heteroatoms. The molecule has 1 aromatic carbocycles. The van der Waals surface area contributed by atoms with Crippen LogP contribution in [0.3, 0.4) is 0 Å². The Bertz CT molecular complexity index is 337. The first-order chi connectivity index (χ1) is 9.21. The third kappa shape index (κ3) is 5.60. The van der Waals surface area contributed by atoms with E-state index in [2.05, 4.69) is 31.0 Å². The van der Waals surface area contributed by atoms with Crippen LogP contribution < -0.4 is 10.2 Å². The van der Waals surface area contributed by atoms with Crippen molar-refractivity contribution in [3.05, 3.63) is 30.1 Å². The average Bonchev–Trinajstić information content (AvgIpc) is 2.43. The lowest BCUT2D eigenvalue weighted by atomic mass is 10.1. The molecule has 0 radical (unpaired) electrons. The molecule has 0 spiro atoms. The van der Waals surface area contributed by atoms with Crippen molar-refractivity contribution in [2.75, 3.05) is 24.5 Å². The number of nitrogens with zero attached hydrogens (tertiary/aromatic N) is 1. The summed E-state index contributed by atoms with van der Waals surface area (Å²) in [6.45, 7) is 9.54. The number of benzene rings is 1. The van der Waals surface area contributed by atoms with E-state index in [0.717, 1.165) is 31.7 Å². The minimum Gasteiger partial charge on any atom is -0.370 e. The Kier molecular flexibility index (Phi) is 7.49. The van der Waals surface area contributed by atoms with Crippen LogP contribution in [0.2, 0.25) is 0 Å². The van der Waals surface area contributed by atoms with Gasteiger partial charge >= 0.3 is 0 Å². The summed E-state index contributed by atoms with van der Waals surface area (Å²) in [7, 11) is 0.